The molecule has 0 spiro atoms. The standard InChI is InChI=1S/C17H14Cl2N4OS/c1-11(24)21-13-3-2-4-14(8-13)23-10-20-22-17(23)25-9-12-5-6-15(18)16(19)7-12/h2-8,10H,9H2,1H3,(H,21,24). The number of hydrogen-bond acceptors (Lipinski definition) is 4. The third-order valence-electron chi connectivity index (χ3n) is 3.31. The van der Waals surface area contributed by atoms with E-state index in [-0.39, 0.29) is 5.91 Å². The molecule has 1 N–H and O–H groups in total. The quantitative estimate of drug-likeness (QED) is 0.631. The highest BCUT2D eigenvalue weighted by Gasteiger charge is 2.09. The number of anilines is 1. The first kappa shape index (κ1) is 17.8. The molecule has 0 saturated heterocycles. The predicted octanol–water partition coefficient (Wildman–Crippen LogP) is 4.82. The number of nitrogens with zero attached hydrogens (tertiary/aromatic N) is 3. The van der Waals surface area contributed by atoms with Crippen LogP contribution >= 0.6 is 35.0 Å². The Balaban J connectivity index is 1.78. The Labute approximate surface area is 159 Å². The van der Waals surface area contributed by atoms with Crippen LogP contribution in [-0.2, 0) is 10.5 Å². The fourth-order valence-electron chi connectivity index (χ4n) is 2.21. The van der Waals surface area contributed by atoms with E-state index in [2.05, 4.69) is 15.5 Å². The minimum atomic E-state index is -0.116. The van der Waals surface area contributed by atoms with Gasteiger partial charge in [0.2, 0.25) is 5.91 Å². The molecule has 3 aromatic rings. The van der Waals surface area contributed by atoms with Gasteiger partial charge in [-0.1, -0.05) is 47.1 Å². The Kier molecular flexibility index (Phi) is 5.63. The van der Waals surface area contributed by atoms with Crippen LogP contribution in [0, 0.1) is 0 Å². The molecule has 0 bridgehead atoms. The van der Waals surface area contributed by atoms with Crippen molar-refractivity contribution in [1.82, 2.24) is 14.8 Å². The molecule has 1 amide bonds. The summed E-state index contributed by atoms with van der Waals surface area (Å²) in [5, 5.41) is 12.7. The molecule has 2 aromatic carbocycles. The Hall–Kier alpha value is -2.02. The van der Waals surface area contributed by atoms with E-state index in [1.165, 1.54) is 18.7 Å². The molecule has 0 atom stereocenters. The molecule has 8 heteroatoms. The van der Waals surface area contributed by atoms with Gasteiger partial charge in [-0.25, -0.2) is 0 Å². The first-order chi connectivity index (χ1) is 12.0. The molecule has 1 aromatic heterocycles. The zero-order valence-electron chi connectivity index (χ0n) is 13.2. The van der Waals surface area contributed by atoms with Gasteiger partial charge in [0.15, 0.2) is 5.16 Å². The molecule has 25 heavy (non-hydrogen) atoms. The van der Waals surface area contributed by atoms with Crippen molar-refractivity contribution in [2.45, 2.75) is 17.8 Å². The van der Waals surface area contributed by atoms with Gasteiger partial charge in [-0.3, -0.25) is 9.36 Å². The summed E-state index contributed by atoms with van der Waals surface area (Å²) in [4.78, 5) is 11.2. The number of thioether (sulfide) groups is 1. The molecule has 0 unspecified atom stereocenters. The lowest BCUT2D eigenvalue weighted by Gasteiger charge is -2.09. The maximum atomic E-state index is 11.2. The second-order valence-corrected chi connectivity index (χ2v) is 7.01. The van der Waals surface area contributed by atoms with Crippen molar-refractivity contribution in [2.75, 3.05) is 5.32 Å². The summed E-state index contributed by atoms with van der Waals surface area (Å²) in [6, 6.07) is 13.0. The number of hydrogen-bond donors (Lipinski definition) is 1. The van der Waals surface area contributed by atoms with Crippen LogP contribution in [0.25, 0.3) is 5.69 Å². The molecule has 0 fully saturated rings. The first-order valence-electron chi connectivity index (χ1n) is 7.38. The average molecular weight is 393 g/mol. The van der Waals surface area contributed by atoms with Crippen LogP contribution in [0.3, 0.4) is 0 Å². The van der Waals surface area contributed by atoms with E-state index in [1.54, 1.807) is 12.4 Å². The van der Waals surface area contributed by atoms with Crippen molar-refractivity contribution in [3.63, 3.8) is 0 Å². The molecule has 1 heterocycles. The molecular formula is C17H14Cl2N4OS. The van der Waals surface area contributed by atoms with Crippen LogP contribution in [0.1, 0.15) is 12.5 Å². The molecule has 0 aliphatic heterocycles. The van der Waals surface area contributed by atoms with Crippen molar-refractivity contribution in [3.8, 4) is 5.69 Å². The Morgan fingerprint density at radius 2 is 2.04 bits per heavy atom. The van der Waals surface area contributed by atoms with Crippen LogP contribution in [-0.4, -0.2) is 20.7 Å². The van der Waals surface area contributed by atoms with Gasteiger partial charge < -0.3 is 5.32 Å². The van der Waals surface area contributed by atoms with Crippen LogP contribution in [0.5, 0.6) is 0 Å². The third kappa shape index (κ3) is 4.54. The lowest BCUT2D eigenvalue weighted by atomic mass is 10.2. The van der Waals surface area contributed by atoms with E-state index in [1.807, 2.05) is 41.0 Å². The first-order valence-corrected chi connectivity index (χ1v) is 9.12. The molecule has 5 nitrogen and oxygen atoms in total. The van der Waals surface area contributed by atoms with Crippen LogP contribution in [0.4, 0.5) is 5.69 Å². The maximum Gasteiger partial charge on any atom is 0.221 e. The van der Waals surface area contributed by atoms with Crippen molar-refractivity contribution in [1.29, 1.82) is 0 Å². The zero-order chi connectivity index (χ0) is 17.8. The summed E-state index contributed by atoms with van der Waals surface area (Å²) < 4.78 is 1.87. The van der Waals surface area contributed by atoms with Gasteiger partial charge in [-0.15, -0.1) is 10.2 Å². The van der Waals surface area contributed by atoms with Gasteiger partial charge >= 0.3 is 0 Å². The molecule has 0 aliphatic rings. The summed E-state index contributed by atoms with van der Waals surface area (Å²) in [6.07, 6.45) is 1.64. The second-order valence-electron chi connectivity index (χ2n) is 5.25. The summed E-state index contributed by atoms with van der Waals surface area (Å²) in [5.74, 6) is 0.566. The third-order valence-corrected chi connectivity index (χ3v) is 5.07. The minimum absolute atomic E-state index is 0.116. The molecule has 128 valence electrons. The molecule has 0 saturated carbocycles. The monoisotopic (exact) mass is 392 g/mol. The molecular weight excluding hydrogens is 379 g/mol. The van der Waals surface area contributed by atoms with Gasteiger partial charge in [-0.05, 0) is 35.9 Å². The number of rotatable bonds is 5. The maximum absolute atomic E-state index is 11.2. The lowest BCUT2D eigenvalue weighted by molar-refractivity contribution is -0.114. The van der Waals surface area contributed by atoms with Crippen LogP contribution < -0.4 is 5.32 Å². The molecule has 0 aliphatic carbocycles. The number of benzene rings is 2. The Morgan fingerprint density at radius 3 is 2.80 bits per heavy atom. The number of halogens is 2. The van der Waals surface area contributed by atoms with Gasteiger partial charge in [0.25, 0.3) is 0 Å². The largest absolute Gasteiger partial charge is 0.326 e. The van der Waals surface area contributed by atoms with Crippen LogP contribution in [0.2, 0.25) is 10.0 Å². The second kappa shape index (κ2) is 7.91. The molecule has 0 radical (unpaired) electrons. The van der Waals surface area contributed by atoms with Crippen molar-refractivity contribution in [3.05, 3.63) is 64.4 Å². The van der Waals surface area contributed by atoms with Crippen molar-refractivity contribution >= 4 is 46.6 Å². The van der Waals surface area contributed by atoms with Gasteiger partial charge in [0.1, 0.15) is 6.33 Å². The molecule has 3 rings (SSSR count). The smallest absolute Gasteiger partial charge is 0.221 e. The van der Waals surface area contributed by atoms with Crippen molar-refractivity contribution in [2.24, 2.45) is 0 Å². The lowest BCUT2D eigenvalue weighted by Crippen LogP contribution is -2.06. The average Bonchev–Trinajstić information content (AvgIpc) is 3.04. The highest BCUT2D eigenvalue weighted by Crippen LogP contribution is 2.28. The van der Waals surface area contributed by atoms with E-state index in [0.717, 1.165) is 22.1 Å². The summed E-state index contributed by atoms with van der Waals surface area (Å²) >= 11 is 13.5. The van der Waals surface area contributed by atoms with E-state index >= 15 is 0 Å². The van der Waals surface area contributed by atoms with E-state index in [0.29, 0.717) is 15.8 Å². The fraction of sp³-hybridized carbons (Fsp3) is 0.118. The highest BCUT2D eigenvalue weighted by atomic mass is 35.5. The van der Waals surface area contributed by atoms with Crippen LogP contribution in [0.15, 0.2) is 53.9 Å². The summed E-state index contributed by atoms with van der Waals surface area (Å²) in [5.41, 5.74) is 2.63. The van der Waals surface area contributed by atoms with E-state index in [9.17, 15) is 4.79 Å². The normalized spacial score (nSPS) is 10.7. The number of nitrogens with one attached hydrogen (secondary N) is 1. The highest BCUT2D eigenvalue weighted by molar-refractivity contribution is 7.98. The summed E-state index contributed by atoms with van der Waals surface area (Å²) in [6.45, 7) is 1.48. The fourth-order valence-corrected chi connectivity index (χ4v) is 3.41. The Bertz CT molecular complexity index is 913. The number of amides is 1. The van der Waals surface area contributed by atoms with Gasteiger partial charge in [0.05, 0.1) is 15.7 Å². The van der Waals surface area contributed by atoms with Crippen molar-refractivity contribution < 1.29 is 4.79 Å². The summed E-state index contributed by atoms with van der Waals surface area (Å²) in [7, 11) is 0. The van der Waals surface area contributed by atoms with Gasteiger partial charge in [0, 0.05) is 18.4 Å². The number of carbonyl (C=O) groups excluding carboxylic acids is 1. The van der Waals surface area contributed by atoms with Gasteiger partial charge in [-0.2, -0.15) is 0 Å². The SMILES string of the molecule is CC(=O)Nc1cccc(-n2cnnc2SCc2ccc(Cl)c(Cl)c2)c1. The number of aromatic nitrogens is 3. The van der Waals surface area contributed by atoms with E-state index < -0.39 is 0 Å². The van der Waals surface area contributed by atoms with E-state index in [4.69, 9.17) is 23.2 Å². The number of carbonyl (C=O) groups is 1. The topological polar surface area (TPSA) is 59.8 Å². The minimum Gasteiger partial charge on any atom is -0.326 e. The Morgan fingerprint density at radius 1 is 1.20 bits per heavy atom. The zero-order valence-corrected chi connectivity index (χ0v) is 15.6. The predicted molar refractivity (Wildman–Crippen MR) is 102 cm³/mol.